The second-order valence-corrected chi connectivity index (χ2v) is 15.5. The Bertz CT molecular complexity index is 2530. The van der Waals surface area contributed by atoms with Crippen molar-refractivity contribution >= 4 is 39.6 Å². The third-order valence-corrected chi connectivity index (χ3v) is 11.6. The van der Waals surface area contributed by atoms with Crippen LogP contribution in [0.2, 0.25) is 0 Å². The fourth-order valence-electron chi connectivity index (χ4n) is 8.92. The van der Waals surface area contributed by atoms with E-state index in [1.807, 2.05) is 45.2 Å². The summed E-state index contributed by atoms with van der Waals surface area (Å²) in [7, 11) is 1.84. The van der Waals surface area contributed by atoms with Gasteiger partial charge in [-0.1, -0.05) is 6.07 Å². The van der Waals surface area contributed by atoms with Crippen LogP contribution in [0.4, 0.5) is 16.0 Å². The molecule has 0 radical (unpaired) electrons. The molecular weight excluding hydrogens is 744 g/mol. The fraction of sp³-hybridized carbons (Fsp3) is 0.439. The van der Waals surface area contributed by atoms with Crippen molar-refractivity contribution in [3.05, 3.63) is 72.3 Å². The van der Waals surface area contributed by atoms with Gasteiger partial charge in [0.15, 0.2) is 5.65 Å². The van der Waals surface area contributed by atoms with Gasteiger partial charge >= 0.3 is 0 Å². The Kier molecular flexibility index (Phi) is 9.37. The molecule has 17 heteroatoms. The largest absolute Gasteiger partial charge is 0.490 e. The summed E-state index contributed by atoms with van der Waals surface area (Å²) in [6, 6.07) is 11.4. The van der Waals surface area contributed by atoms with Crippen LogP contribution in [0.5, 0.6) is 5.75 Å². The van der Waals surface area contributed by atoms with Gasteiger partial charge in [-0.05, 0) is 50.6 Å². The van der Waals surface area contributed by atoms with Crippen molar-refractivity contribution in [1.29, 1.82) is 0 Å². The smallest absolute Gasteiger partial charge is 0.245 e. The molecule has 0 spiro atoms. The zero-order valence-corrected chi connectivity index (χ0v) is 32.7. The van der Waals surface area contributed by atoms with E-state index in [0.29, 0.717) is 111 Å². The van der Waals surface area contributed by atoms with Crippen molar-refractivity contribution in [1.82, 2.24) is 49.1 Å². The first-order valence-corrected chi connectivity index (χ1v) is 20.0. The molecule has 5 atom stereocenters. The van der Waals surface area contributed by atoms with Gasteiger partial charge in [0.2, 0.25) is 5.91 Å². The number of aryl methyl sites for hydroxylation is 1. The number of nitrogens with zero attached hydrogens (tertiary/aromatic N) is 11. The number of hydrogen-bond donors (Lipinski definition) is 1. The van der Waals surface area contributed by atoms with Crippen LogP contribution in [0, 0.1) is 12.7 Å². The first-order chi connectivity index (χ1) is 28.3. The third-order valence-electron chi connectivity index (χ3n) is 11.6. The van der Waals surface area contributed by atoms with Crippen molar-refractivity contribution in [3.8, 4) is 22.8 Å². The maximum absolute atomic E-state index is 14.9. The Labute approximate surface area is 333 Å². The van der Waals surface area contributed by atoms with Crippen molar-refractivity contribution < 1.29 is 23.4 Å². The molecule has 0 saturated carbocycles. The Hall–Kier alpha value is -5.78. The highest BCUT2D eigenvalue weighted by Gasteiger charge is 2.41. The Morgan fingerprint density at radius 2 is 1.91 bits per heavy atom. The minimum absolute atomic E-state index is 0.0628. The molecule has 4 aliphatic rings. The molecule has 58 heavy (non-hydrogen) atoms. The molecule has 2 fully saturated rings. The fourth-order valence-corrected chi connectivity index (χ4v) is 8.92. The molecule has 4 aliphatic heterocycles. The van der Waals surface area contributed by atoms with Crippen molar-refractivity contribution in [2.24, 2.45) is 0 Å². The Morgan fingerprint density at radius 3 is 2.81 bits per heavy atom. The minimum Gasteiger partial charge on any atom is -0.490 e. The monoisotopic (exact) mass is 788 g/mol. The van der Waals surface area contributed by atoms with Gasteiger partial charge in [0.1, 0.15) is 58.9 Å². The van der Waals surface area contributed by atoms with Crippen molar-refractivity contribution in [3.63, 3.8) is 0 Å². The summed E-state index contributed by atoms with van der Waals surface area (Å²) in [5, 5.41) is 9.11. The third kappa shape index (κ3) is 6.65. The van der Waals surface area contributed by atoms with E-state index in [2.05, 4.69) is 19.7 Å². The molecule has 1 unspecified atom stereocenters. The van der Waals surface area contributed by atoms with E-state index in [9.17, 15) is 9.18 Å². The predicted molar refractivity (Wildman–Crippen MR) is 214 cm³/mol. The van der Waals surface area contributed by atoms with Crippen molar-refractivity contribution in [2.45, 2.75) is 57.5 Å². The average molecular weight is 789 g/mol. The van der Waals surface area contributed by atoms with Gasteiger partial charge in [-0.15, -0.1) is 0 Å². The van der Waals surface area contributed by atoms with E-state index in [4.69, 9.17) is 44.2 Å². The van der Waals surface area contributed by atoms with Crippen LogP contribution < -0.4 is 15.0 Å². The number of rotatable bonds is 3. The Balaban J connectivity index is 1.09. The van der Waals surface area contributed by atoms with Gasteiger partial charge in [0, 0.05) is 71.1 Å². The molecule has 6 aromatic rings. The number of halogens is 1. The first-order valence-electron chi connectivity index (χ1n) is 20.0. The SMILES string of the molecule is CCO[C@H]1CN(C)C(=O)[C@@H]2C[C@@H](CN2c2nc3nc4c2cnn4-c2ccc(F)cc2OCCN2CCO[C@H](C3)C2)Nc2cccc(n2)-c2nccc3nc(C)n(c23)C1. The molecule has 8 bridgehead atoms. The van der Waals surface area contributed by atoms with Gasteiger partial charge in [0.05, 0.1) is 53.7 Å². The highest BCUT2D eigenvalue weighted by molar-refractivity contribution is 5.93. The molecule has 1 aromatic carbocycles. The summed E-state index contributed by atoms with van der Waals surface area (Å²) in [6.45, 7) is 8.71. The van der Waals surface area contributed by atoms with Gasteiger partial charge < -0.3 is 33.9 Å². The van der Waals surface area contributed by atoms with Crippen LogP contribution in [-0.2, 0) is 27.2 Å². The molecule has 300 valence electrons. The maximum atomic E-state index is 14.9. The number of amides is 1. The standard InChI is InChI=1S/C41H45FN12O4/c1-4-56-28-21-50(3)41(55)33-17-26(46-35-7-5-6-30(47-35)37-38-31(10-11-43-37)45-24(2)52(38)23-28)20-53(33)39-29-19-44-54-32-9-8-25(42)16-34(32)58-15-13-51-12-14-57-27(22-51)18-36(48-39)49-40(29)54/h5-11,16,19,26-28,33H,4,12-15,17-18,20-23H2,1-3H3,(H,46,47)/t26-,27+,28-,33-/m0/s1. The molecule has 16 nitrogen and oxygen atoms in total. The first kappa shape index (κ1) is 36.6. The number of morpholine rings is 1. The normalized spacial score (nSPS) is 23.7. The highest BCUT2D eigenvalue weighted by atomic mass is 19.1. The second-order valence-electron chi connectivity index (χ2n) is 15.5. The van der Waals surface area contributed by atoms with Crippen LogP contribution in [0.25, 0.3) is 39.1 Å². The predicted octanol–water partition coefficient (Wildman–Crippen LogP) is 3.64. The average Bonchev–Trinajstić information content (AvgIpc) is 3.92. The molecule has 5 aromatic heterocycles. The minimum atomic E-state index is -0.596. The number of fused-ring (bicyclic) bond motifs is 10. The zero-order valence-electron chi connectivity index (χ0n) is 32.7. The lowest BCUT2D eigenvalue weighted by molar-refractivity contribution is -0.133. The van der Waals surface area contributed by atoms with Crippen LogP contribution in [0.1, 0.15) is 25.0 Å². The summed E-state index contributed by atoms with van der Waals surface area (Å²) >= 11 is 0. The quantitative estimate of drug-likeness (QED) is 0.278. The van der Waals surface area contributed by atoms with Gasteiger partial charge in [-0.25, -0.2) is 29.0 Å². The number of anilines is 2. The number of benzene rings is 1. The van der Waals surface area contributed by atoms with E-state index < -0.39 is 11.9 Å². The van der Waals surface area contributed by atoms with Crippen LogP contribution in [0.15, 0.2) is 54.9 Å². The van der Waals surface area contributed by atoms with E-state index >= 15 is 0 Å². The molecule has 2 saturated heterocycles. The molecule has 1 amide bonds. The summed E-state index contributed by atoms with van der Waals surface area (Å²) < 4.78 is 37.3. The van der Waals surface area contributed by atoms with Crippen LogP contribution in [0.3, 0.4) is 0 Å². The number of likely N-dealkylation sites (N-methyl/N-ethyl adjacent to an activating group) is 1. The second kappa shape index (κ2) is 14.9. The summed E-state index contributed by atoms with van der Waals surface area (Å²) in [6.07, 6.45) is 3.94. The number of nitrogens with one attached hydrogen (secondary N) is 1. The lowest BCUT2D eigenvalue weighted by Gasteiger charge is -2.33. The highest BCUT2D eigenvalue weighted by Crippen LogP contribution is 2.36. The van der Waals surface area contributed by atoms with Gasteiger partial charge in [0.25, 0.3) is 0 Å². The molecule has 1 N–H and O–H groups in total. The van der Waals surface area contributed by atoms with Gasteiger partial charge in [-0.2, -0.15) is 5.10 Å². The number of hydrogen-bond acceptors (Lipinski definition) is 13. The van der Waals surface area contributed by atoms with Crippen LogP contribution >= 0.6 is 0 Å². The van der Waals surface area contributed by atoms with E-state index in [1.165, 1.54) is 12.1 Å². The number of pyridine rings is 2. The molecular formula is C41H45FN12O4. The maximum Gasteiger partial charge on any atom is 0.245 e. The van der Waals surface area contributed by atoms with E-state index in [0.717, 1.165) is 29.1 Å². The summed E-state index contributed by atoms with van der Waals surface area (Å²) in [4.78, 5) is 46.1. The lowest BCUT2D eigenvalue weighted by Crippen LogP contribution is -2.47. The van der Waals surface area contributed by atoms with Crippen LogP contribution in [-0.4, -0.2) is 139 Å². The number of imidazole rings is 1. The van der Waals surface area contributed by atoms with E-state index in [1.54, 1.807) is 28.0 Å². The zero-order chi connectivity index (χ0) is 39.5. The van der Waals surface area contributed by atoms with E-state index in [-0.39, 0.29) is 24.2 Å². The summed E-state index contributed by atoms with van der Waals surface area (Å²) in [5.41, 5.74) is 4.23. The topological polar surface area (TPSA) is 154 Å². The summed E-state index contributed by atoms with van der Waals surface area (Å²) in [5.74, 6) is 2.55. The molecule has 10 rings (SSSR count). The lowest BCUT2D eigenvalue weighted by atomic mass is 10.1. The number of carbonyl (C=O) groups excluding carboxylic acids is 1. The number of carbonyl (C=O) groups is 1. The number of ether oxygens (including phenoxy) is 3. The van der Waals surface area contributed by atoms with Gasteiger partial charge in [-0.3, -0.25) is 14.7 Å². The number of aromatic nitrogens is 8. The molecule has 9 heterocycles. The van der Waals surface area contributed by atoms with Crippen molar-refractivity contribution in [2.75, 3.05) is 69.8 Å². The Morgan fingerprint density at radius 1 is 1.02 bits per heavy atom. The molecule has 0 aliphatic carbocycles.